The molecule has 1 aromatic rings. The maximum atomic E-state index is 11.7. The highest BCUT2D eigenvalue weighted by Gasteiger charge is 2.12. The first kappa shape index (κ1) is 15.2. The number of fused-ring (bicyclic) bond motifs is 1. The molecule has 0 fully saturated rings. The lowest BCUT2D eigenvalue weighted by atomic mass is 10.2. The zero-order valence-electron chi connectivity index (χ0n) is 12.3. The first-order valence-electron chi connectivity index (χ1n) is 7.27. The van der Waals surface area contributed by atoms with Crippen LogP contribution in [0.4, 0.5) is 0 Å². The number of carbonyl (C=O) groups excluding carboxylic acids is 1. The second-order valence-electron chi connectivity index (χ2n) is 4.76. The maximum absolute atomic E-state index is 11.7. The van der Waals surface area contributed by atoms with E-state index in [2.05, 4.69) is 24.4 Å². The molecule has 0 saturated carbocycles. The molecule has 1 heterocycles. The number of hydrogen-bond acceptors (Lipinski definition) is 3. The summed E-state index contributed by atoms with van der Waals surface area (Å²) in [5, 5.41) is 2.85. The van der Waals surface area contributed by atoms with Gasteiger partial charge in [-0.25, -0.2) is 0 Å². The van der Waals surface area contributed by atoms with Crippen molar-refractivity contribution < 1.29 is 14.3 Å². The van der Waals surface area contributed by atoms with Crippen molar-refractivity contribution in [3.63, 3.8) is 0 Å². The fourth-order valence-electron chi connectivity index (χ4n) is 1.97. The van der Waals surface area contributed by atoms with Gasteiger partial charge in [0.15, 0.2) is 11.5 Å². The summed E-state index contributed by atoms with van der Waals surface area (Å²) in [6, 6.07) is 5.68. The molecule has 0 saturated heterocycles. The largest absolute Gasteiger partial charge is 0.454 e. The van der Waals surface area contributed by atoms with Gasteiger partial charge in [0.2, 0.25) is 12.7 Å². The van der Waals surface area contributed by atoms with E-state index < -0.39 is 0 Å². The molecule has 1 N–H and O–H groups in total. The van der Waals surface area contributed by atoms with Crippen molar-refractivity contribution >= 4 is 5.91 Å². The minimum Gasteiger partial charge on any atom is -0.454 e. The predicted octanol–water partition coefficient (Wildman–Crippen LogP) is 3.33. The number of carbonyl (C=O) groups is 1. The Hall–Kier alpha value is -2.23. The van der Waals surface area contributed by atoms with Gasteiger partial charge in [0, 0.05) is 6.54 Å². The minimum absolute atomic E-state index is 0.0767. The molecular weight excluding hydrogens is 266 g/mol. The van der Waals surface area contributed by atoms with E-state index in [-0.39, 0.29) is 12.7 Å². The quantitative estimate of drug-likeness (QED) is 0.475. The zero-order valence-corrected chi connectivity index (χ0v) is 12.3. The van der Waals surface area contributed by atoms with Gasteiger partial charge >= 0.3 is 0 Å². The van der Waals surface area contributed by atoms with Crippen LogP contribution in [0.25, 0.3) is 0 Å². The molecule has 1 aliphatic rings. The van der Waals surface area contributed by atoms with Crippen LogP contribution in [0.5, 0.6) is 11.5 Å². The summed E-state index contributed by atoms with van der Waals surface area (Å²) in [7, 11) is 0. The summed E-state index contributed by atoms with van der Waals surface area (Å²) in [5.41, 5.74) is 0.992. The molecule has 0 unspecified atom stereocenters. The lowest BCUT2D eigenvalue weighted by Crippen LogP contribution is -2.20. The highest BCUT2D eigenvalue weighted by molar-refractivity contribution is 5.87. The van der Waals surface area contributed by atoms with Crippen molar-refractivity contribution in [3.05, 3.63) is 48.1 Å². The van der Waals surface area contributed by atoms with Gasteiger partial charge < -0.3 is 14.8 Å². The second-order valence-corrected chi connectivity index (χ2v) is 4.76. The third-order valence-corrected chi connectivity index (χ3v) is 3.08. The average molecular weight is 287 g/mol. The molecule has 0 aliphatic carbocycles. The Labute approximate surface area is 125 Å². The summed E-state index contributed by atoms with van der Waals surface area (Å²) >= 11 is 0. The highest BCUT2D eigenvalue weighted by atomic mass is 16.7. The average Bonchev–Trinajstić information content (AvgIpc) is 2.96. The second kappa shape index (κ2) is 8.15. The molecule has 4 heteroatoms. The summed E-state index contributed by atoms with van der Waals surface area (Å²) in [4.78, 5) is 11.7. The van der Waals surface area contributed by atoms with Gasteiger partial charge in [0.25, 0.3) is 0 Å². The fourth-order valence-corrected chi connectivity index (χ4v) is 1.97. The number of ether oxygens (including phenoxy) is 2. The van der Waals surface area contributed by atoms with Crippen molar-refractivity contribution in [3.8, 4) is 11.5 Å². The highest BCUT2D eigenvalue weighted by Crippen LogP contribution is 2.32. The van der Waals surface area contributed by atoms with Crippen LogP contribution in [-0.4, -0.2) is 12.7 Å². The molecule has 1 amide bonds. The lowest BCUT2D eigenvalue weighted by Gasteiger charge is -2.04. The Kier molecular flexibility index (Phi) is 5.88. The molecule has 0 radical (unpaired) electrons. The van der Waals surface area contributed by atoms with Gasteiger partial charge in [-0.15, -0.1) is 0 Å². The Balaban J connectivity index is 1.71. The Morgan fingerprint density at radius 1 is 1.19 bits per heavy atom. The van der Waals surface area contributed by atoms with Crippen molar-refractivity contribution in [2.24, 2.45) is 0 Å². The van der Waals surface area contributed by atoms with Crippen molar-refractivity contribution in [1.82, 2.24) is 5.32 Å². The number of amides is 1. The van der Waals surface area contributed by atoms with E-state index in [0.717, 1.165) is 36.3 Å². The molecule has 1 aliphatic heterocycles. The molecule has 0 spiro atoms. The maximum Gasteiger partial charge on any atom is 0.243 e. The van der Waals surface area contributed by atoms with Crippen molar-refractivity contribution in [1.29, 1.82) is 0 Å². The predicted molar refractivity (Wildman–Crippen MR) is 82.2 cm³/mol. The van der Waals surface area contributed by atoms with Crippen LogP contribution in [0.1, 0.15) is 31.7 Å². The first-order valence-corrected chi connectivity index (χ1v) is 7.27. The van der Waals surface area contributed by atoms with E-state index in [1.807, 2.05) is 24.3 Å². The summed E-state index contributed by atoms with van der Waals surface area (Å²) in [6.45, 7) is 2.85. The fraction of sp³-hybridized carbons (Fsp3) is 0.353. The topological polar surface area (TPSA) is 47.6 Å². The Morgan fingerprint density at radius 3 is 2.86 bits per heavy atom. The van der Waals surface area contributed by atoms with E-state index in [4.69, 9.17) is 9.47 Å². The Morgan fingerprint density at radius 2 is 2.00 bits per heavy atom. The van der Waals surface area contributed by atoms with Gasteiger partial charge in [0.05, 0.1) is 0 Å². The van der Waals surface area contributed by atoms with Gasteiger partial charge in [-0.05, 0) is 43.0 Å². The van der Waals surface area contributed by atoms with E-state index in [1.165, 1.54) is 0 Å². The number of nitrogens with one attached hydrogen (secondary N) is 1. The van der Waals surface area contributed by atoms with Crippen molar-refractivity contribution in [2.75, 3.05) is 6.79 Å². The van der Waals surface area contributed by atoms with E-state index in [0.29, 0.717) is 6.54 Å². The summed E-state index contributed by atoms with van der Waals surface area (Å²) in [6.07, 6.45) is 10.7. The van der Waals surface area contributed by atoms with Crippen LogP contribution >= 0.6 is 0 Å². The smallest absolute Gasteiger partial charge is 0.243 e. The van der Waals surface area contributed by atoms with Gasteiger partial charge in [-0.1, -0.05) is 31.2 Å². The third kappa shape index (κ3) is 4.99. The molecule has 0 bridgehead atoms. The molecule has 112 valence electrons. The summed E-state index contributed by atoms with van der Waals surface area (Å²) in [5.74, 6) is 1.41. The molecule has 0 aromatic heterocycles. The zero-order chi connectivity index (χ0) is 14.9. The van der Waals surface area contributed by atoms with E-state index in [9.17, 15) is 4.79 Å². The van der Waals surface area contributed by atoms with Crippen LogP contribution in [-0.2, 0) is 11.3 Å². The van der Waals surface area contributed by atoms with Crippen LogP contribution in [0.2, 0.25) is 0 Å². The van der Waals surface area contributed by atoms with Gasteiger partial charge in [0.1, 0.15) is 0 Å². The van der Waals surface area contributed by atoms with Gasteiger partial charge in [-0.2, -0.15) is 0 Å². The third-order valence-electron chi connectivity index (χ3n) is 3.08. The van der Waals surface area contributed by atoms with Crippen LogP contribution in [0.3, 0.4) is 0 Å². The number of hydrogen-bond donors (Lipinski definition) is 1. The Bertz CT molecular complexity index is 535. The normalized spacial score (nSPS) is 13.2. The molecule has 2 rings (SSSR count). The van der Waals surface area contributed by atoms with Crippen molar-refractivity contribution in [2.45, 2.75) is 32.7 Å². The molecule has 4 nitrogen and oxygen atoms in total. The van der Waals surface area contributed by atoms with E-state index in [1.54, 1.807) is 6.08 Å². The minimum atomic E-state index is -0.0767. The van der Waals surface area contributed by atoms with E-state index >= 15 is 0 Å². The monoisotopic (exact) mass is 287 g/mol. The lowest BCUT2D eigenvalue weighted by molar-refractivity contribution is -0.116. The van der Waals surface area contributed by atoms with Gasteiger partial charge in [-0.3, -0.25) is 4.79 Å². The molecule has 1 aromatic carbocycles. The number of unbranched alkanes of at least 4 members (excludes halogenated alkanes) is 1. The van der Waals surface area contributed by atoms with Crippen LogP contribution < -0.4 is 14.8 Å². The number of allylic oxidation sites excluding steroid dienone is 3. The number of rotatable bonds is 7. The standard InChI is InChI=1S/C17H21NO3/c1-2-3-4-5-6-7-8-17(19)18-12-14-9-10-15-16(11-14)21-13-20-15/h3-4,7-11H,2,5-6,12-13H2,1H3,(H,18,19)/b4-3+,8-7+. The first-order chi connectivity index (χ1) is 10.3. The molecular formula is C17H21NO3. The SMILES string of the molecule is CC/C=C/CC/C=C/C(=O)NCc1ccc2c(c1)OCO2. The van der Waals surface area contributed by atoms with Crippen LogP contribution in [0.15, 0.2) is 42.5 Å². The summed E-state index contributed by atoms with van der Waals surface area (Å²) < 4.78 is 10.5. The molecule has 21 heavy (non-hydrogen) atoms. The molecule has 0 atom stereocenters. The number of benzene rings is 1. The van der Waals surface area contributed by atoms with Crippen LogP contribution in [0, 0.1) is 0 Å².